The molecule has 1 atom stereocenters. The number of aromatic nitrogens is 1. The van der Waals surface area contributed by atoms with Gasteiger partial charge in [-0.3, -0.25) is 0 Å². The maximum Gasteiger partial charge on any atom is 0.0223 e. The second kappa shape index (κ2) is 4.49. The van der Waals surface area contributed by atoms with Gasteiger partial charge in [0, 0.05) is 24.5 Å². The normalized spacial score (nSPS) is 21.8. The first-order valence-electron chi connectivity index (χ1n) is 6.82. The predicted octanol–water partition coefficient (Wildman–Crippen LogP) is 3.26. The van der Waals surface area contributed by atoms with Gasteiger partial charge in [0.2, 0.25) is 0 Å². The zero-order valence-electron chi connectivity index (χ0n) is 11.9. The van der Waals surface area contributed by atoms with Gasteiger partial charge in [-0.1, -0.05) is 13.8 Å². The summed E-state index contributed by atoms with van der Waals surface area (Å²) in [6, 6.07) is 2.32. The summed E-state index contributed by atoms with van der Waals surface area (Å²) < 4.78 is 2.39. The smallest absolute Gasteiger partial charge is 0.0223 e. The molecular formula is C15H26N2. The molecule has 1 unspecified atom stereocenters. The van der Waals surface area contributed by atoms with E-state index in [9.17, 15) is 0 Å². The number of aryl methyl sites for hydroxylation is 1. The standard InChI is InChI=1S/C15H26N2/c1-6-17-11(2)7-13(12(17)3)9-16-10-14-8-15(14,4)5/h7,14,16H,6,8-10H2,1-5H3. The summed E-state index contributed by atoms with van der Waals surface area (Å²) in [6.07, 6.45) is 1.38. The van der Waals surface area contributed by atoms with Gasteiger partial charge in [0.15, 0.2) is 0 Å². The van der Waals surface area contributed by atoms with E-state index in [-0.39, 0.29) is 0 Å². The van der Waals surface area contributed by atoms with Gasteiger partial charge in [0.25, 0.3) is 0 Å². The zero-order chi connectivity index (χ0) is 12.6. The zero-order valence-corrected chi connectivity index (χ0v) is 11.9. The van der Waals surface area contributed by atoms with Crippen LogP contribution < -0.4 is 5.32 Å². The van der Waals surface area contributed by atoms with Crippen LogP contribution in [0.3, 0.4) is 0 Å². The van der Waals surface area contributed by atoms with Crippen LogP contribution in [0.4, 0.5) is 0 Å². The van der Waals surface area contributed by atoms with Gasteiger partial charge in [-0.05, 0) is 56.7 Å². The third-order valence-corrected chi connectivity index (χ3v) is 4.42. The Kier molecular flexibility index (Phi) is 3.35. The van der Waals surface area contributed by atoms with Gasteiger partial charge < -0.3 is 9.88 Å². The lowest BCUT2D eigenvalue weighted by atomic mass is 10.1. The molecule has 0 radical (unpaired) electrons. The van der Waals surface area contributed by atoms with Gasteiger partial charge in [-0.15, -0.1) is 0 Å². The van der Waals surface area contributed by atoms with Crippen molar-refractivity contribution >= 4 is 0 Å². The Morgan fingerprint density at radius 3 is 2.53 bits per heavy atom. The molecule has 17 heavy (non-hydrogen) atoms. The summed E-state index contributed by atoms with van der Waals surface area (Å²) >= 11 is 0. The Bertz CT molecular complexity index is 401. The van der Waals surface area contributed by atoms with Crippen LogP contribution >= 0.6 is 0 Å². The average molecular weight is 234 g/mol. The second-order valence-corrected chi connectivity index (χ2v) is 6.16. The Morgan fingerprint density at radius 2 is 2.06 bits per heavy atom. The summed E-state index contributed by atoms with van der Waals surface area (Å²) in [6.45, 7) is 14.6. The van der Waals surface area contributed by atoms with E-state index in [0.29, 0.717) is 5.41 Å². The van der Waals surface area contributed by atoms with Crippen LogP contribution in [0, 0.1) is 25.2 Å². The largest absolute Gasteiger partial charge is 0.349 e. The molecular weight excluding hydrogens is 208 g/mol. The van der Waals surface area contributed by atoms with Crippen molar-refractivity contribution in [3.8, 4) is 0 Å². The van der Waals surface area contributed by atoms with E-state index < -0.39 is 0 Å². The van der Waals surface area contributed by atoms with E-state index in [4.69, 9.17) is 0 Å². The number of nitrogens with zero attached hydrogens (tertiary/aromatic N) is 1. The van der Waals surface area contributed by atoms with E-state index in [1.165, 1.54) is 29.9 Å². The molecule has 96 valence electrons. The van der Waals surface area contributed by atoms with Crippen molar-refractivity contribution in [3.63, 3.8) is 0 Å². The summed E-state index contributed by atoms with van der Waals surface area (Å²) in [5.41, 5.74) is 4.86. The molecule has 0 aromatic carbocycles. The van der Waals surface area contributed by atoms with Crippen molar-refractivity contribution in [3.05, 3.63) is 23.0 Å². The molecule has 2 rings (SSSR count). The lowest BCUT2D eigenvalue weighted by Crippen LogP contribution is -2.18. The van der Waals surface area contributed by atoms with Gasteiger partial charge in [-0.2, -0.15) is 0 Å². The van der Waals surface area contributed by atoms with Crippen LogP contribution in [-0.4, -0.2) is 11.1 Å². The Hall–Kier alpha value is -0.760. The molecule has 0 spiro atoms. The highest BCUT2D eigenvalue weighted by atomic mass is 15.0. The minimum atomic E-state index is 0.591. The van der Waals surface area contributed by atoms with Crippen molar-refractivity contribution in [2.24, 2.45) is 11.3 Å². The SMILES string of the molecule is CCn1c(C)cc(CNCC2CC2(C)C)c1C. The van der Waals surface area contributed by atoms with Crippen molar-refractivity contribution in [2.45, 2.75) is 54.1 Å². The third kappa shape index (κ3) is 2.57. The van der Waals surface area contributed by atoms with Crippen LogP contribution in [-0.2, 0) is 13.1 Å². The van der Waals surface area contributed by atoms with E-state index in [1.54, 1.807) is 0 Å². The van der Waals surface area contributed by atoms with Crippen molar-refractivity contribution < 1.29 is 0 Å². The summed E-state index contributed by atoms with van der Waals surface area (Å²) in [4.78, 5) is 0. The average Bonchev–Trinajstić information content (AvgIpc) is 2.75. The topological polar surface area (TPSA) is 17.0 Å². The number of hydrogen-bond acceptors (Lipinski definition) is 1. The fraction of sp³-hybridized carbons (Fsp3) is 0.733. The lowest BCUT2D eigenvalue weighted by Gasteiger charge is -2.08. The molecule has 1 aliphatic carbocycles. The molecule has 0 saturated heterocycles. The molecule has 1 N–H and O–H groups in total. The van der Waals surface area contributed by atoms with Crippen molar-refractivity contribution in [2.75, 3.05) is 6.54 Å². The first kappa shape index (κ1) is 12.7. The van der Waals surface area contributed by atoms with Gasteiger partial charge in [0.05, 0.1) is 0 Å². The van der Waals surface area contributed by atoms with Crippen LogP contribution in [0.2, 0.25) is 0 Å². The van der Waals surface area contributed by atoms with E-state index in [1.807, 2.05) is 0 Å². The number of hydrogen-bond donors (Lipinski definition) is 1. The highest BCUT2D eigenvalue weighted by Crippen LogP contribution is 2.50. The molecule has 1 aromatic rings. The Labute approximate surface area is 105 Å². The first-order chi connectivity index (χ1) is 7.95. The predicted molar refractivity (Wildman–Crippen MR) is 73.2 cm³/mol. The fourth-order valence-corrected chi connectivity index (χ4v) is 2.84. The van der Waals surface area contributed by atoms with Crippen LogP contribution in [0.1, 0.15) is 44.1 Å². The molecule has 2 heteroatoms. The van der Waals surface area contributed by atoms with Crippen molar-refractivity contribution in [1.29, 1.82) is 0 Å². The molecule has 1 saturated carbocycles. The minimum absolute atomic E-state index is 0.591. The lowest BCUT2D eigenvalue weighted by molar-refractivity contribution is 0.519. The van der Waals surface area contributed by atoms with Crippen LogP contribution in [0.5, 0.6) is 0 Å². The highest BCUT2D eigenvalue weighted by molar-refractivity contribution is 5.26. The van der Waals surface area contributed by atoms with E-state index in [0.717, 1.165) is 19.0 Å². The molecule has 2 nitrogen and oxygen atoms in total. The minimum Gasteiger partial charge on any atom is -0.349 e. The summed E-state index contributed by atoms with van der Waals surface area (Å²) in [5.74, 6) is 0.886. The van der Waals surface area contributed by atoms with Crippen LogP contribution in [0.15, 0.2) is 6.07 Å². The molecule has 1 aliphatic rings. The quantitative estimate of drug-likeness (QED) is 0.827. The molecule has 1 heterocycles. The summed E-state index contributed by atoms with van der Waals surface area (Å²) in [7, 11) is 0. The maximum absolute atomic E-state index is 3.61. The highest BCUT2D eigenvalue weighted by Gasteiger charge is 2.44. The van der Waals surface area contributed by atoms with Crippen molar-refractivity contribution in [1.82, 2.24) is 9.88 Å². The summed E-state index contributed by atoms with van der Waals surface area (Å²) in [5, 5.41) is 3.61. The number of rotatable bonds is 5. The van der Waals surface area contributed by atoms with Crippen LogP contribution in [0.25, 0.3) is 0 Å². The number of nitrogens with one attached hydrogen (secondary N) is 1. The Morgan fingerprint density at radius 1 is 1.41 bits per heavy atom. The van der Waals surface area contributed by atoms with E-state index in [2.05, 4.69) is 50.6 Å². The van der Waals surface area contributed by atoms with E-state index >= 15 is 0 Å². The first-order valence-corrected chi connectivity index (χ1v) is 6.82. The molecule has 0 aliphatic heterocycles. The van der Waals surface area contributed by atoms with Gasteiger partial charge >= 0.3 is 0 Å². The maximum atomic E-state index is 3.61. The fourth-order valence-electron chi connectivity index (χ4n) is 2.84. The van der Waals surface area contributed by atoms with Gasteiger partial charge in [-0.25, -0.2) is 0 Å². The monoisotopic (exact) mass is 234 g/mol. The Balaban J connectivity index is 1.87. The molecule has 0 bridgehead atoms. The third-order valence-electron chi connectivity index (χ3n) is 4.42. The molecule has 0 amide bonds. The second-order valence-electron chi connectivity index (χ2n) is 6.16. The molecule has 1 aromatic heterocycles. The molecule has 1 fully saturated rings. The van der Waals surface area contributed by atoms with Gasteiger partial charge in [0.1, 0.15) is 0 Å².